The summed E-state index contributed by atoms with van der Waals surface area (Å²) in [5.41, 5.74) is -0.0709. The average molecular weight is 387 g/mol. The normalized spacial score (nSPS) is 19.9. The Balaban J connectivity index is 1.75. The van der Waals surface area contributed by atoms with Gasteiger partial charge in [0.2, 0.25) is 5.91 Å². The molecule has 0 radical (unpaired) electrons. The molecule has 27 heavy (non-hydrogen) atoms. The van der Waals surface area contributed by atoms with Crippen molar-refractivity contribution in [3.05, 3.63) is 23.8 Å². The van der Waals surface area contributed by atoms with Crippen LogP contribution in [0.5, 0.6) is 0 Å². The Kier molecular flexibility index (Phi) is 6.23. The molecule has 1 aromatic rings. The number of halogens is 3. The zero-order valence-corrected chi connectivity index (χ0v) is 15.0. The third-order valence-corrected chi connectivity index (χ3v) is 4.87. The van der Waals surface area contributed by atoms with Crippen molar-refractivity contribution in [3.63, 3.8) is 0 Å². The maximum absolute atomic E-state index is 13.1. The van der Waals surface area contributed by atoms with Crippen molar-refractivity contribution in [2.75, 3.05) is 56.2 Å². The summed E-state index contributed by atoms with van der Waals surface area (Å²) in [6, 6.07) is 3.43. The van der Waals surface area contributed by atoms with Gasteiger partial charge in [-0.3, -0.25) is 9.69 Å². The van der Waals surface area contributed by atoms with Crippen molar-refractivity contribution in [3.8, 4) is 0 Å². The van der Waals surface area contributed by atoms with Crippen LogP contribution in [0.25, 0.3) is 0 Å². The predicted molar refractivity (Wildman–Crippen MR) is 94.8 cm³/mol. The highest BCUT2D eigenvalue weighted by Gasteiger charge is 2.32. The number of benzene rings is 1. The molecule has 2 aliphatic heterocycles. The molecule has 3 rings (SSSR count). The molecule has 6 nitrogen and oxygen atoms in total. The lowest BCUT2D eigenvalue weighted by atomic mass is 10.1. The second-order valence-corrected chi connectivity index (χ2v) is 6.88. The quantitative estimate of drug-likeness (QED) is 0.827. The van der Waals surface area contributed by atoms with Gasteiger partial charge in [-0.1, -0.05) is 0 Å². The van der Waals surface area contributed by atoms with E-state index < -0.39 is 11.7 Å². The Morgan fingerprint density at radius 1 is 1.19 bits per heavy atom. The number of likely N-dealkylation sites (tertiary alicyclic amines) is 1. The molecule has 0 atom stereocenters. The lowest BCUT2D eigenvalue weighted by molar-refractivity contribution is -0.137. The Labute approximate surface area is 155 Å². The summed E-state index contributed by atoms with van der Waals surface area (Å²) < 4.78 is 44.6. The van der Waals surface area contributed by atoms with Crippen molar-refractivity contribution >= 4 is 17.3 Å². The third-order valence-electron chi connectivity index (χ3n) is 4.87. The first-order valence-corrected chi connectivity index (χ1v) is 9.07. The predicted octanol–water partition coefficient (Wildman–Crippen LogP) is 1.94. The Bertz CT molecular complexity index is 655. The van der Waals surface area contributed by atoms with E-state index in [0.29, 0.717) is 57.9 Å². The average Bonchev–Trinajstić information content (AvgIpc) is 2.63. The summed E-state index contributed by atoms with van der Waals surface area (Å²) in [5.74, 6) is -0.361. The molecule has 1 aromatic carbocycles. The van der Waals surface area contributed by atoms with Gasteiger partial charge in [0.25, 0.3) is 0 Å². The Morgan fingerprint density at radius 2 is 1.85 bits per heavy atom. The van der Waals surface area contributed by atoms with Crippen molar-refractivity contribution in [2.24, 2.45) is 0 Å². The lowest BCUT2D eigenvalue weighted by Crippen LogP contribution is -2.41. The SMILES string of the molecule is O=C(CN1CCC(O)CC1)Nc1cc(C(F)(F)F)ccc1N1CCOCC1. The van der Waals surface area contributed by atoms with Crippen molar-refractivity contribution in [1.82, 2.24) is 4.90 Å². The van der Waals surface area contributed by atoms with Crippen LogP contribution in [0.3, 0.4) is 0 Å². The van der Waals surface area contributed by atoms with Crippen LogP contribution in [-0.2, 0) is 15.7 Å². The Morgan fingerprint density at radius 3 is 2.48 bits per heavy atom. The van der Waals surface area contributed by atoms with Gasteiger partial charge in [0.15, 0.2) is 0 Å². The van der Waals surface area contributed by atoms with Gasteiger partial charge < -0.3 is 20.1 Å². The molecular weight excluding hydrogens is 363 g/mol. The Hall–Kier alpha value is -1.84. The van der Waals surface area contributed by atoms with E-state index in [4.69, 9.17) is 4.74 Å². The summed E-state index contributed by atoms with van der Waals surface area (Å²) in [4.78, 5) is 16.2. The lowest BCUT2D eigenvalue weighted by Gasteiger charge is -2.31. The molecule has 2 saturated heterocycles. The number of carbonyl (C=O) groups excluding carboxylic acids is 1. The van der Waals surface area contributed by atoms with E-state index >= 15 is 0 Å². The van der Waals surface area contributed by atoms with Crippen LogP contribution >= 0.6 is 0 Å². The van der Waals surface area contributed by atoms with E-state index in [-0.39, 0.29) is 24.2 Å². The minimum atomic E-state index is -4.48. The number of carbonyl (C=O) groups is 1. The highest BCUT2D eigenvalue weighted by Crippen LogP contribution is 2.35. The fraction of sp³-hybridized carbons (Fsp3) is 0.611. The molecule has 0 bridgehead atoms. The largest absolute Gasteiger partial charge is 0.416 e. The number of hydrogen-bond donors (Lipinski definition) is 2. The van der Waals surface area contributed by atoms with Crippen LogP contribution in [0.1, 0.15) is 18.4 Å². The summed E-state index contributed by atoms with van der Waals surface area (Å²) in [7, 11) is 0. The number of nitrogens with zero attached hydrogens (tertiary/aromatic N) is 2. The zero-order chi connectivity index (χ0) is 19.4. The van der Waals surface area contributed by atoms with Crippen LogP contribution in [-0.4, -0.2) is 68.0 Å². The van der Waals surface area contributed by atoms with Crippen LogP contribution in [0.4, 0.5) is 24.5 Å². The summed E-state index contributed by atoms with van der Waals surface area (Å²) in [6.45, 7) is 3.36. The number of anilines is 2. The summed E-state index contributed by atoms with van der Waals surface area (Å²) in [5, 5.41) is 12.2. The van der Waals surface area contributed by atoms with Gasteiger partial charge in [-0.25, -0.2) is 0 Å². The third kappa shape index (κ3) is 5.33. The number of piperidine rings is 1. The van der Waals surface area contributed by atoms with Gasteiger partial charge in [-0.2, -0.15) is 13.2 Å². The molecule has 0 aromatic heterocycles. The van der Waals surface area contributed by atoms with E-state index in [9.17, 15) is 23.1 Å². The molecule has 0 unspecified atom stereocenters. The monoisotopic (exact) mass is 387 g/mol. The smallest absolute Gasteiger partial charge is 0.393 e. The van der Waals surface area contributed by atoms with E-state index in [1.165, 1.54) is 6.07 Å². The fourth-order valence-corrected chi connectivity index (χ4v) is 3.36. The van der Waals surface area contributed by atoms with Gasteiger partial charge >= 0.3 is 6.18 Å². The number of alkyl halides is 3. The van der Waals surface area contributed by atoms with Gasteiger partial charge in [0.1, 0.15) is 0 Å². The number of aliphatic hydroxyl groups excluding tert-OH is 1. The van der Waals surface area contributed by atoms with Gasteiger partial charge in [0, 0.05) is 26.2 Å². The minimum Gasteiger partial charge on any atom is -0.393 e. The van der Waals surface area contributed by atoms with Gasteiger partial charge in [-0.15, -0.1) is 0 Å². The number of aliphatic hydroxyl groups is 1. The first-order chi connectivity index (χ1) is 12.8. The van der Waals surface area contributed by atoms with E-state index in [2.05, 4.69) is 5.32 Å². The van der Waals surface area contributed by atoms with Crippen LogP contribution < -0.4 is 10.2 Å². The molecule has 2 N–H and O–H groups in total. The molecule has 2 aliphatic rings. The molecule has 150 valence electrons. The van der Waals surface area contributed by atoms with Crippen LogP contribution in [0.2, 0.25) is 0 Å². The highest BCUT2D eigenvalue weighted by molar-refractivity contribution is 5.95. The molecular formula is C18H24F3N3O3. The van der Waals surface area contributed by atoms with E-state index in [1.54, 1.807) is 0 Å². The first kappa shape index (κ1) is 19.9. The topological polar surface area (TPSA) is 65.0 Å². The second kappa shape index (κ2) is 8.45. The molecule has 9 heteroatoms. The molecule has 0 aliphatic carbocycles. The maximum atomic E-state index is 13.1. The van der Waals surface area contributed by atoms with Crippen molar-refractivity contribution in [1.29, 1.82) is 0 Å². The van der Waals surface area contributed by atoms with E-state index in [0.717, 1.165) is 12.1 Å². The number of amides is 1. The molecule has 0 spiro atoms. The van der Waals surface area contributed by atoms with Crippen LogP contribution in [0.15, 0.2) is 18.2 Å². The number of hydrogen-bond acceptors (Lipinski definition) is 5. The maximum Gasteiger partial charge on any atom is 0.416 e. The summed E-state index contributed by atoms with van der Waals surface area (Å²) >= 11 is 0. The van der Waals surface area contributed by atoms with E-state index in [1.807, 2.05) is 9.80 Å². The summed E-state index contributed by atoms with van der Waals surface area (Å²) in [6.07, 6.45) is -3.64. The zero-order valence-electron chi connectivity index (χ0n) is 15.0. The van der Waals surface area contributed by atoms with Gasteiger partial charge in [0.05, 0.1) is 42.8 Å². The van der Waals surface area contributed by atoms with Crippen LogP contribution in [0, 0.1) is 0 Å². The molecule has 1 amide bonds. The molecule has 0 saturated carbocycles. The second-order valence-electron chi connectivity index (χ2n) is 6.88. The van der Waals surface area contributed by atoms with Gasteiger partial charge in [-0.05, 0) is 31.0 Å². The fourth-order valence-electron chi connectivity index (χ4n) is 3.36. The number of morpholine rings is 1. The molecule has 2 fully saturated rings. The highest BCUT2D eigenvalue weighted by atomic mass is 19.4. The van der Waals surface area contributed by atoms with Crippen molar-refractivity contribution < 1.29 is 27.8 Å². The molecule has 2 heterocycles. The number of rotatable bonds is 4. The standard InChI is InChI=1S/C18H24F3N3O3/c19-18(20,21)13-1-2-16(24-7-9-27-10-8-24)15(11-13)22-17(26)12-23-5-3-14(25)4-6-23/h1-2,11,14,25H,3-10,12H2,(H,22,26). The number of nitrogens with one attached hydrogen (secondary N) is 1. The minimum absolute atomic E-state index is 0.0888. The number of ether oxygens (including phenoxy) is 1. The first-order valence-electron chi connectivity index (χ1n) is 9.07. The van der Waals surface area contributed by atoms with Crippen molar-refractivity contribution in [2.45, 2.75) is 25.1 Å².